The van der Waals surface area contributed by atoms with E-state index in [1.807, 2.05) is 38.1 Å². The highest BCUT2D eigenvalue weighted by molar-refractivity contribution is 7.11. The fourth-order valence-electron chi connectivity index (χ4n) is 2.53. The number of benzene rings is 1. The summed E-state index contributed by atoms with van der Waals surface area (Å²) >= 11 is 7.98. The number of nitrogens with zero attached hydrogens (tertiary/aromatic N) is 3. The van der Waals surface area contributed by atoms with E-state index < -0.39 is 0 Å². The largest absolute Gasteiger partial charge is 0.347 e. The number of carbonyl (C=O) groups excluding carboxylic acids is 1. The molecule has 0 aliphatic rings. The lowest BCUT2D eigenvalue weighted by Gasteiger charge is -2.05. The average molecular weight is 375 g/mol. The highest BCUT2D eigenvalue weighted by Crippen LogP contribution is 2.21. The molecule has 1 aromatic carbocycles. The number of amides is 1. The van der Waals surface area contributed by atoms with Gasteiger partial charge < -0.3 is 5.32 Å². The molecule has 1 amide bonds. The molecule has 0 unspecified atom stereocenters. The molecule has 25 heavy (non-hydrogen) atoms. The van der Waals surface area contributed by atoms with Crippen molar-refractivity contribution >= 4 is 28.8 Å². The maximum atomic E-state index is 12.5. The van der Waals surface area contributed by atoms with Crippen LogP contribution in [0.15, 0.2) is 30.5 Å². The summed E-state index contributed by atoms with van der Waals surface area (Å²) in [7, 11) is 0. The summed E-state index contributed by atoms with van der Waals surface area (Å²) in [5.41, 5.74) is 3.33. The maximum Gasteiger partial charge on any atom is 0.256 e. The number of hydrogen-bond acceptors (Lipinski definition) is 4. The second-order valence-electron chi connectivity index (χ2n) is 5.92. The van der Waals surface area contributed by atoms with Crippen molar-refractivity contribution in [2.24, 2.45) is 0 Å². The highest BCUT2D eigenvalue weighted by atomic mass is 35.5. The minimum atomic E-state index is -0.219. The van der Waals surface area contributed by atoms with Crippen LogP contribution in [-0.4, -0.2) is 20.7 Å². The number of aryl methyl sites for hydroxylation is 3. The predicted octanol–water partition coefficient (Wildman–Crippen LogP) is 3.90. The van der Waals surface area contributed by atoms with Crippen LogP contribution in [0.1, 0.15) is 37.1 Å². The number of halogens is 1. The zero-order chi connectivity index (χ0) is 18.0. The SMILES string of the molecule is Cc1ccc(Cn2nc(C)c(C(=O)NCc3cnc(C)s3)c2Cl)cc1. The Morgan fingerprint density at radius 2 is 1.96 bits per heavy atom. The van der Waals surface area contributed by atoms with E-state index in [9.17, 15) is 4.79 Å². The van der Waals surface area contributed by atoms with Gasteiger partial charge in [-0.3, -0.25) is 4.79 Å². The summed E-state index contributed by atoms with van der Waals surface area (Å²) in [5.74, 6) is -0.219. The Hall–Kier alpha value is -2.18. The lowest BCUT2D eigenvalue weighted by molar-refractivity contribution is 0.0951. The molecule has 3 aromatic rings. The first-order chi connectivity index (χ1) is 11.9. The highest BCUT2D eigenvalue weighted by Gasteiger charge is 2.20. The zero-order valence-electron chi connectivity index (χ0n) is 14.3. The van der Waals surface area contributed by atoms with Crippen molar-refractivity contribution in [2.75, 3.05) is 0 Å². The Bertz CT molecular complexity index is 898. The van der Waals surface area contributed by atoms with Gasteiger partial charge in [-0.1, -0.05) is 41.4 Å². The number of carbonyl (C=O) groups is 1. The molecule has 0 saturated heterocycles. The molecule has 0 aliphatic heterocycles. The quantitative estimate of drug-likeness (QED) is 0.736. The van der Waals surface area contributed by atoms with Gasteiger partial charge >= 0.3 is 0 Å². The molecule has 5 nitrogen and oxygen atoms in total. The molecule has 7 heteroatoms. The smallest absolute Gasteiger partial charge is 0.256 e. The third-order valence-corrected chi connectivity index (χ3v) is 5.13. The molecule has 130 valence electrons. The normalized spacial score (nSPS) is 10.9. The van der Waals surface area contributed by atoms with Crippen molar-refractivity contribution in [3.63, 3.8) is 0 Å². The molecule has 0 bridgehead atoms. The van der Waals surface area contributed by atoms with Gasteiger partial charge in [-0.15, -0.1) is 11.3 Å². The van der Waals surface area contributed by atoms with E-state index in [2.05, 4.69) is 15.4 Å². The lowest BCUT2D eigenvalue weighted by atomic mass is 10.1. The monoisotopic (exact) mass is 374 g/mol. The van der Waals surface area contributed by atoms with Gasteiger partial charge in [0.05, 0.1) is 29.4 Å². The summed E-state index contributed by atoms with van der Waals surface area (Å²) in [4.78, 5) is 17.7. The first-order valence-electron chi connectivity index (χ1n) is 7.92. The molecule has 0 saturated carbocycles. The first-order valence-corrected chi connectivity index (χ1v) is 9.11. The zero-order valence-corrected chi connectivity index (χ0v) is 15.9. The summed E-state index contributed by atoms with van der Waals surface area (Å²) in [6.45, 7) is 6.74. The Labute approximate surface area is 155 Å². The van der Waals surface area contributed by atoms with E-state index in [4.69, 9.17) is 11.6 Å². The van der Waals surface area contributed by atoms with Crippen LogP contribution >= 0.6 is 22.9 Å². The summed E-state index contributed by atoms with van der Waals surface area (Å²) in [6, 6.07) is 8.16. The third-order valence-electron chi connectivity index (χ3n) is 3.84. The number of aromatic nitrogens is 3. The van der Waals surface area contributed by atoms with Gasteiger partial charge in [-0.25, -0.2) is 9.67 Å². The van der Waals surface area contributed by atoms with Crippen LogP contribution in [0.4, 0.5) is 0 Å². The van der Waals surface area contributed by atoms with Gasteiger partial charge in [0.1, 0.15) is 5.15 Å². The van der Waals surface area contributed by atoms with E-state index in [-0.39, 0.29) is 5.91 Å². The van der Waals surface area contributed by atoms with Gasteiger partial charge in [-0.2, -0.15) is 5.10 Å². The molecule has 2 aromatic heterocycles. The topological polar surface area (TPSA) is 59.8 Å². The standard InChI is InChI=1S/C18H19ClN4OS/c1-11-4-6-14(7-5-11)10-23-17(19)16(12(2)22-23)18(24)21-9-15-8-20-13(3)25-15/h4-8H,9-10H2,1-3H3,(H,21,24). The lowest BCUT2D eigenvalue weighted by Crippen LogP contribution is -2.23. The maximum absolute atomic E-state index is 12.5. The van der Waals surface area contributed by atoms with Crippen LogP contribution in [0.5, 0.6) is 0 Å². The van der Waals surface area contributed by atoms with Crippen LogP contribution in [0.25, 0.3) is 0 Å². The molecule has 0 spiro atoms. The van der Waals surface area contributed by atoms with Crippen molar-refractivity contribution in [3.05, 3.63) is 67.9 Å². The molecule has 0 radical (unpaired) electrons. The molecule has 0 atom stereocenters. The molecular weight excluding hydrogens is 356 g/mol. The summed E-state index contributed by atoms with van der Waals surface area (Å²) < 4.78 is 1.66. The Balaban J connectivity index is 1.74. The predicted molar refractivity (Wildman–Crippen MR) is 100 cm³/mol. The fourth-order valence-corrected chi connectivity index (χ4v) is 3.58. The third kappa shape index (κ3) is 4.08. The van der Waals surface area contributed by atoms with E-state index in [0.29, 0.717) is 29.5 Å². The fraction of sp³-hybridized carbons (Fsp3) is 0.278. The number of hydrogen-bond donors (Lipinski definition) is 1. The summed E-state index contributed by atoms with van der Waals surface area (Å²) in [6.07, 6.45) is 1.77. The Kier molecular flexibility index (Phi) is 5.20. The number of thiazole rings is 1. The first kappa shape index (κ1) is 17.6. The molecule has 2 heterocycles. The average Bonchev–Trinajstić information content (AvgIpc) is 3.11. The van der Waals surface area contributed by atoms with Crippen molar-refractivity contribution in [2.45, 2.75) is 33.9 Å². The van der Waals surface area contributed by atoms with Gasteiger partial charge in [0.15, 0.2) is 0 Å². The van der Waals surface area contributed by atoms with Crippen LogP contribution < -0.4 is 5.32 Å². The van der Waals surface area contributed by atoms with Crippen LogP contribution in [-0.2, 0) is 13.1 Å². The van der Waals surface area contributed by atoms with Gasteiger partial charge in [0, 0.05) is 11.1 Å². The van der Waals surface area contributed by atoms with E-state index >= 15 is 0 Å². The molecule has 1 N–H and O–H groups in total. The number of rotatable bonds is 5. The van der Waals surface area contributed by atoms with E-state index in [1.165, 1.54) is 5.56 Å². The minimum Gasteiger partial charge on any atom is -0.347 e. The van der Waals surface area contributed by atoms with Crippen molar-refractivity contribution in [3.8, 4) is 0 Å². The van der Waals surface area contributed by atoms with Crippen molar-refractivity contribution in [1.82, 2.24) is 20.1 Å². The molecule has 0 aliphatic carbocycles. The Morgan fingerprint density at radius 3 is 2.60 bits per heavy atom. The minimum absolute atomic E-state index is 0.219. The van der Waals surface area contributed by atoms with Crippen LogP contribution in [0.2, 0.25) is 5.15 Å². The molecular formula is C18H19ClN4OS. The Morgan fingerprint density at radius 1 is 1.24 bits per heavy atom. The second-order valence-corrected chi connectivity index (χ2v) is 7.60. The van der Waals surface area contributed by atoms with E-state index in [0.717, 1.165) is 15.4 Å². The molecule has 3 rings (SSSR count). The summed E-state index contributed by atoms with van der Waals surface area (Å²) in [5, 5.41) is 8.64. The van der Waals surface area contributed by atoms with Crippen LogP contribution in [0.3, 0.4) is 0 Å². The van der Waals surface area contributed by atoms with E-state index in [1.54, 1.807) is 29.1 Å². The van der Waals surface area contributed by atoms with Crippen molar-refractivity contribution in [1.29, 1.82) is 0 Å². The second kappa shape index (κ2) is 7.37. The van der Waals surface area contributed by atoms with Gasteiger partial charge in [0.25, 0.3) is 5.91 Å². The molecule has 0 fully saturated rings. The van der Waals surface area contributed by atoms with Crippen LogP contribution in [0, 0.1) is 20.8 Å². The van der Waals surface area contributed by atoms with Gasteiger partial charge in [0.2, 0.25) is 0 Å². The van der Waals surface area contributed by atoms with Gasteiger partial charge in [-0.05, 0) is 26.3 Å². The number of nitrogens with one attached hydrogen (secondary N) is 1. The van der Waals surface area contributed by atoms with Crippen molar-refractivity contribution < 1.29 is 4.79 Å².